The molecule has 0 radical (unpaired) electrons. The van der Waals surface area contributed by atoms with Crippen LogP contribution in [-0.4, -0.2) is 72.1 Å². The van der Waals surface area contributed by atoms with Crippen molar-refractivity contribution in [3.8, 4) is 0 Å². The third-order valence-electron chi connectivity index (χ3n) is 4.25. The normalized spacial score (nSPS) is 17.8. The van der Waals surface area contributed by atoms with E-state index in [1.807, 2.05) is 0 Å². The maximum atomic E-state index is 12.0. The summed E-state index contributed by atoms with van der Waals surface area (Å²) in [7, 11) is -4.96. The van der Waals surface area contributed by atoms with Crippen molar-refractivity contribution in [1.29, 1.82) is 0 Å². The molecule has 0 atom stereocenters. The Balaban J connectivity index is 1.72. The molecule has 0 spiro atoms. The van der Waals surface area contributed by atoms with Crippen molar-refractivity contribution in [3.05, 3.63) is 17.5 Å². The Morgan fingerprint density at radius 2 is 1.96 bits per heavy atom. The van der Waals surface area contributed by atoms with Crippen LogP contribution in [0.1, 0.15) is 19.8 Å². The molecular formula is C15H27N5O4S3. The van der Waals surface area contributed by atoms with E-state index in [4.69, 9.17) is 0 Å². The van der Waals surface area contributed by atoms with E-state index in [0.717, 1.165) is 0 Å². The number of nitrogens with zero attached hydrogens (tertiary/aromatic N) is 2. The SMILES string of the molecule is CCS(=O)(=O)N1CCC(NC(=NC)NCCNS(=O)(=O)c2cccs2)CC1. The second-order valence-electron chi connectivity index (χ2n) is 6.05. The summed E-state index contributed by atoms with van der Waals surface area (Å²) in [4.78, 5) is 4.14. The maximum Gasteiger partial charge on any atom is 0.250 e. The van der Waals surface area contributed by atoms with Gasteiger partial charge in [-0.2, -0.15) is 0 Å². The summed E-state index contributed by atoms with van der Waals surface area (Å²) in [6.45, 7) is 3.25. The standard InChI is InChI=1S/C15H27N5O4S3/c1-3-26(21,22)20-10-6-13(7-11-20)19-15(16-2)17-8-9-18-27(23,24)14-5-4-12-25-14/h4-5,12-13,18H,3,6-11H2,1-2H3,(H2,16,17,19). The molecule has 2 rings (SSSR count). The largest absolute Gasteiger partial charge is 0.355 e. The lowest BCUT2D eigenvalue weighted by Crippen LogP contribution is -2.50. The smallest absolute Gasteiger partial charge is 0.250 e. The van der Waals surface area contributed by atoms with Crippen LogP contribution in [-0.2, 0) is 20.0 Å². The monoisotopic (exact) mass is 437 g/mol. The fourth-order valence-corrected chi connectivity index (χ4v) is 5.90. The van der Waals surface area contributed by atoms with E-state index in [1.165, 1.54) is 15.6 Å². The van der Waals surface area contributed by atoms with Crippen LogP contribution in [0.5, 0.6) is 0 Å². The lowest BCUT2D eigenvalue weighted by molar-refractivity contribution is 0.306. The second-order valence-corrected chi connectivity index (χ2v) is 11.2. The van der Waals surface area contributed by atoms with Crippen LogP contribution in [0.15, 0.2) is 26.7 Å². The van der Waals surface area contributed by atoms with Gasteiger partial charge < -0.3 is 10.6 Å². The molecule has 1 aliphatic rings. The minimum absolute atomic E-state index is 0.121. The molecule has 27 heavy (non-hydrogen) atoms. The molecule has 0 aromatic carbocycles. The molecule has 0 amide bonds. The van der Waals surface area contributed by atoms with Crippen molar-refractivity contribution >= 4 is 37.3 Å². The number of sulfonamides is 2. The summed E-state index contributed by atoms with van der Waals surface area (Å²) < 4.78 is 52.2. The number of piperidine rings is 1. The molecule has 0 saturated carbocycles. The van der Waals surface area contributed by atoms with Gasteiger partial charge in [0, 0.05) is 39.3 Å². The highest BCUT2D eigenvalue weighted by atomic mass is 32.2. The Hall–Kier alpha value is -1.21. The zero-order chi connectivity index (χ0) is 19.9. The van der Waals surface area contributed by atoms with E-state index in [-0.39, 0.29) is 18.3 Å². The Morgan fingerprint density at radius 1 is 1.26 bits per heavy atom. The molecule has 12 heteroatoms. The minimum Gasteiger partial charge on any atom is -0.355 e. The van der Waals surface area contributed by atoms with Crippen LogP contribution in [0.4, 0.5) is 0 Å². The van der Waals surface area contributed by atoms with Crippen molar-refractivity contribution in [1.82, 2.24) is 19.7 Å². The van der Waals surface area contributed by atoms with Crippen LogP contribution in [0, 0.1) is 0 Å². The first-order valence-electron chi connectivity index (χ1n) is 8.76. The number of thiophene rings is 1. The molecule has 1 saturated heterocycles. The van der Waals surface area contributed by atoms with Crippen LogP contribution in [0.25, 0.3) is 0 Å². The van der Waals surface area contributed by atoms with Crippen LogP contribution in [0.2, 0.25) is 0 Å². The molecule has 1 fully saturated rings. The predicted molar refractivity (Wildman–Crippen MR) is 108 cm³/mol. The molecule has 1 aliphatic heterocycles. The van der Waals surface area contributed by atoms with Gasteiger partial charge in [0.2, 0.25) is 20.0 Å². The van der Waals surface area contributed by atoms with E-state index >= 15 is 0 Å². The van der Waals surface area contributed by atoms with E-state index in [0.29, 0.717) is 42.6 Å². The molecule has 0 aliphatic carbocycles. The fraction of sp³-hybridized carbons (Fsp3) is 0.667. The molecule has 1 aromatic rings. The predicted octanol–water partition coefficient (Wildman–Crippen LogP) is 0.00550. The van der Waals surface area contributed by atoms with Crippen LogP contribution < -0.4 is 15.4 Å². The highest BCUT2D eigenvalue weighted by molar-refractivity contribution is 7.91. The lowest BCUT2D eigenvalue weighted by Gasteiger charge is -2.32. The molecule has 3 N–H and O–H groups in total. The van der Waals surface area contributed by atoms with Gasteiger partial charge >= 0.3 is 0 Å². The summed E-state index contributed by atoms with van der Waals surface area (Å²) in [6, 6.07) is 3.38. The van der Waals surface area contributed by atoms with Gasteiger partial charge in [-0.15, -0.1) is 11.3 Å². The Labute approximate surface area is 165 Å². The summed E-state index contributed by atoms with van der Waals surface area (Å²) in [5.41, 5.74) is 0. The van der Waals surface area contributed by atoms with E-state index in [9.17, 15) is 16.8 Å². The average Bonchev–Trinajstić information content (AvgIpc) is 3.20. The molecule has 0 unspecified atom stereocenters. The fourth-order valence-electron chi connectivity index (χ4n) is 2.70. The van der Waals surface area contributed by atoms with Crippen LogP contribution >= 0.6 is 11.3 Å². The molecule has 1 aromatic heterocycles. The number of aliphatic imine (C=N–C) groups is 1. The summed E-state index contributed by atoms with van der Waals surface area (Å²) in [5, 5.41) is 8.05. The number of hydrogen-bond donors (Lipinski definition) is 3. The third kappa shape index (κ3) is 6.42. The first-order valence-corrected chi connectivity index (χ1v) is 12.7. The average molecular weight is 438 g/mol. The van der Waals surface area contributed by atoms with Gasteiger partial charge in [-0.1, -0.05) is 6.07 Å². The number of rotatable bonds is 8. The molecular weight excluding hydrogens is 410 g/mol. The number of nitrogens with one attached hydrogen (secondary N) is 3. The zero-order valence-corrected chi connectivity index (χ0v) is 18.0. The Kier molecular flexibility index (Phi) is 8.04. The third-order valence-corrected chi connectivity index (χ3v) is 8.99. The highest BCUT2D eigenvalue weighted by Crippen LogP contribution is 2.15. The lowest BCUT2D eigenvalue weighted by atomic mass is 10.1. The van der Waals surface area contributed by atoms with Gasteiger partial charge in [0.1, 0.15) is 4.21 Å². The van der Waals surface area contributed by atoms with Crippen LogP contribution in [0.3, 0.4) is 0 Å². The van der Waals surface area contributed by atoms with E-state index in [1.54, 1.807) is 31.5 Å². The molecule has 9 nitrogen and oxygen atoms in total. The van der Waals surface area contributed by atoms with Gasteiger partial charge in [0.05, 0.1) is 5.75 Å². The quantitative estimate of drug-likeness (QED) is 0.299. The van der Waals surface area contributed by atoms with Crippen molar-refractivity contribution < 1.29 is 16.8 Å². The summed E-state index contributed by atoms with van der Waals surface area (Å²) in [6.07, 6.45) is 1.40. The van der Waals surface area contributed by atoms with Crippen molar-refractivity contribution in [2.24, 2.45) is 4.99 Å². The topological polar surface area (TPSA) is 120 Å². The van der Waals surface area contributed by atoms with Crippen molar-refractivity contribution in [2.75, 3.05) is 39.0 Å². The molecule has 0 bridgehead atoms. The second kappa shape index (κ2) is 9.82. The zero-order valence-electron chi connectivity index (χ0n) is 15.5. The first-order chi connectivity index (χ1) is 12.8. The Morgan fingerprint density at radius 3 is 2.52 bits per heavy atom. The van der Waals surface area contributed by atoms with Gasteiger partial charge in [0.15, 0.2) is 5.96 Å². The van der Waals surface area contributed by atoms with Gasteiger partial charge in [-0.3, -0.25) is 4.99 Å². The molecule has 154 valence electrons. The molecule has 2 heterocycles. The van der Waals surface area contributed by atoms with E-state index < -0.39 is 20.0 Å². The van der Waals surface area contributed by atoms with Gasteiger partial charge in [-0.05, 0) is 31.2 Å². The van der Waals surface area contributed by atoms with Crippen molar-refractivity contribution in [2.45, 2.75) is 30.0 Å². The number of guanidine groups is 1. The summed E-state index contributed by atoms with van der Waals surface area (Å²) in [5.74, 6) is 0.692. The van der Waals surface area contributed by atoms with Gasteiger partial charge in [-0.25, -0.2) is 25.9 Å². The summed E-state index contributed by atoms with van der Waals surface area (Å²) >= 11 is 1.17. The van der Waals surface area contributed by atoms with Crippen molar-refractivity contribution in [3.63, 3.8) is 0 Å². The Bertz CT molecular complexity index is 814. The first kappa shape index (κ1) is 22.1. The minimum atomic E-state index is -3.47. The number of hydrogen-bond acceptors (Lipinski definition) is 6. The van der Waals surface area contributed by atoms with E-state index in [2.05, 4.69) is 20.3 Å². The maximum absolute atomic E-state index is 12.0. The highest BCUT2D eigenvalue weighted by Gasteiger charge is 2.27. The van der Waals surface area contributed by atoms with Gasteiger partial charge in [0.25, 0.3) is 0 Å².